The van der Waals surface area contributed by atoms with Crippen LogP contribution in [0.15, 0.2) is 73.0 Å². The SMILES string of the molecule is C=CCOC(=O)/C(C#N)=C/c1cn(Cc2ccccc2)nc1-c1ccc(OC)c(OC)c1. The van der Waals surface area contributed by atoms with Crippen LogP contribution in [0.3, 0.4) is 0 Å². The monoisotopic (exact) mass is 429 g/mol. The Morgan fingerprint density at radius 2 is 1.91 bits per heavy atom. The first-order valence-electron chi connectivity index (χ1n) is 9.83. The lowest BCUT2D eigenvalue weighted by Crippen LogP contribution is -2.06. The molecule has 0 saturated carbocycles. The number of nitrogens with zero attached hydrogens (tertiary/aromatic N) is 3. The predicted molar refractivity (Wildman–Crippen MR) is 121 cm³/mol. The molecule has 162 valence electrons. The molecule has 0 fully saturated rings. The predicted octanol–water partition coefficient (Wildman–Crippen LogP) is 4.25. The second-order valence-electron chi connectivity index (χ2n) is 6.74. The van der Waals surface area contributed by atoms with Crippen LogP contribution in [0.1, 0.15) is 11.1 Å². The van der Waals surface area contributed by atoms with Gasteiger partial charge in [0.2, 0.25) is 0 Å². The third-order valence-corrected chi connectivity index (χ3v) is 4.61. The minimum Gasteiger partial charge on any atom is -0.493 e. The summed E-state index contributed by atoms with van der Waals surface area (Å²) in [6, 6.07) is 17.2. The molecule has 0 amide bonds. The van der Waals surface area contributed by atoms with Crippen LogP contribution in [0.25, 0.3) is 17.3 Å². The van der Waals surface area contributed by atoms with E-state index in [1.807, 2.05) is 42.5 Å². The smallest absolute Gasteiger partial charge is 0.349 e. The van der Waals surface area contributed by atoms with E-state index < -0.39 is 5.97 Å². The number of carbonyl (C=O) groups excluding carboxylic acids is 1. The zero-order valence-electron chi connectivity index (χ0n) is 17.9. The molecule has 0 radical (unpaired) electrons. The fraction of sp³-hybridized carbons (Fsp3) is 0.160. The highest BCUT2D eigenvalue weighted by atomic mass is 16.5. The molecular weight excluding hydrogens is 406 g/mol. The number of rotatable bonds is 9. The highest BCUT2D eigenvalue weighted by Crippen LogP contribution is 2.33. The topological polar surface area (TPSA) is 86.4 Å². The molecule has 0 aliphatic rings. The summed E-state index contributed by atoms with van der Waals surface area (Å²) < 4.78 is 17.5. The summed E-state index contributed by atoms with van der Waals surface area (Å²) in [4.78, 5) is 12.2. The summed E-state index contributed by atoms with van der Waals surface area (Å²) in [6.45, 7) is 4.06. The van der Waals surface area contributed by atoms with Crippen molar-refractivity contribution in [2.75, 3.05) is 20.8 Å². The van der Waals surface area contributed by atoms with E-state index in [-0.39, 0.29) is 12.2 Å². The van der Waals surface area contributed by atoms with Gasteiger partial charge in [-0.1, -0.05) is 43.0 Å². The molecule has 2 aromatic carbocycles. The molecule has 32 heavy (non-hydrogen) atoms. The lowest BCUT2D eigenvalue weighted by Gasteiger charge is -2.09. The van der Waals surface area contributed by atoms with Crippen LogP contribution in [0.2, 0.25) is 0 Å². The van der Waals surface area contributed by atoms with Crippen LogP contribution < -0.4 is 9.47 Å². The molecule has 3 aromatic rings. The quantitative estimate of drug-likeness (QED) is 0.219. The van der Waals surface area contributed by atoms with Crippen LogP contribution in [0, 0.1) is 11.3 Å². The van der Waals surface area contributed by atoms with Gasteiger partial charge in [-0.25, -0.2) is 4.79 Å². The Bertz CT molecular complexity index is 1170. The van der Waals surface area contributed by atoms with Crippen molar-refractivity contribution in [3.63, 3.8) is 0 Å². The van der Waals surface area contributed by atoms with E-state index in [1.54, 1.807) is 37.2 Å². The summed E-state index contributed by atoms with van der Waals surface area (Å²) in [5.41, 5.74) is 2.87. The molecular formula is C25H23N3O4. The van der Waals surface area contributed by atoms with E-state index in [9.17, 15) is 10.1 Å². The summed E-state index contributed by atoms with van der Waals surface area (Å²) >= 11 is 0. The van der Waals surface area contributed by atoms with Crippen molar-refractivity contribution >= 4 is 12.0 Å². The van der Waals surface area contributed by atoms with E-state index in [2.05, 4.69) is 6.58 Å². The summed E-state index contributed by atoms with van der Waals surface area (Å²) in [5, 5.41) is 14.2. The van der Waals surface area contributed by atoms with Crippen LogP contribution in [-0.4, -0.2) is 36.6 Å². The average molecular weight is 429 g/mol. The molecule has 7 heteroatoms. The molecule has 0 aliphatic heterocycles. The Balaban J connectivity index is 2.08. The molecule has 0 N–H and O–H groups in total. The first-order chi connectivity index (χ1) is 15.6. The van der Waals surface area contributed by atoms with Crippen LogP contribution in [0.5, 0.6) is 11.5 Å². The Hall–Kier alpha value is -4.31. The number of nitriles is 1. The van der Waals surface area contributed by atoms with Crippen molar-refractivity contribution in [3.8, 4) is 28.8 Å². The third-order valence-electron chi connectivity index (χ3n) is 4.61. The Morgan fingerprint density at radius 1 is 1.16 bits per heavy atom. The van der Waals surface area contributed by atoms with Crippen molar-refractivity contribution in [2.45, 2.75) is 6.54 Å². The zero-order valence-corrected chi connectivity index (χ0v) is 17.9. The molecule has 3 rings (SSSR count). The molecule has 0 bridgehead atoms. The van der Waals surface area contributed by atoms with Crippen molar-refractivity contribution in [1.29, 1.82) is 5.26 Å². The van der Waals surface area contributed by atoms with Gasteiger partial charge in [0.05, 0.1) is 26.5 Å². The van der Waals surface area contributed by atoms with Gasteiger partial charge >= 0.3 is 5.97 Å². The maximum atomic E-state index is 12.2. The van der Waals surface area contributed by atoms with Gasteiger partial charge in [0.1, 0.15) is 18.2 Å². The summed E-state index contributed by atoms with van der Waals surface area (Å²) in [6.07, 6.45) is 4.71. The second-order valence-corrected chi connectivity index (χ2v) is 6.74. The van der Waals surface area contributed by atoms with Gasteiger partial charge in [-0.15, -0.1) is 0 Å². The molecule has 0 atom stereocenters. The molecule has 0 saturated heterocycles. The number of methoxy groups -OCH3 is 2. The lowest BCUT2D eigenvalue weighted by atomic mass is 10.1. The molecule has 1 aromatic heterocycles. The van der Waals surface area contributed by atoms with E-state index in [0.717, 1.165) is 11.1 Å². The van der Waals surface area contributed by atoms with E-state index in [0.29, 0.717) is 29.3 Å². The molecule has 0 spiro atoms. The van der Waals surface area contributed by atoms with Crippen molar-refractivity contribution in [3.05, 3.63) is 84.1 Å². The highest BCUT2D eigenvalue weighted by molar-refractivity contribution is 5.98. The summed E-state index contributed by atoms with van der Waals surface area (Å²) in [7, 11) is 3.12. The Labute approximate surface area is 186 Å². The Morgan fingerprint density at radius 3 is 2.56 bits per heavy atom. The van der Waals surface area contributed by atoms with Crippen molar-refractivity contribution in [2.24, 2.45) is 0 Å². The first kappa shape index (κ1) is 22.4. The van der Waals surface area contributed by atoms with Gasteiger partial charge in [-0.2, -0.15) is 10.4 Å². The van der Waals surface area contributed by atoms with Gasteiger partial charge < -0.3 is 14.2 Å². The fourth-order valence-corrected chi connectivity index (χ4v) is 3.11. The van der Waals surface area contributed by atoms with Crippen molar-refractivity contribution < 1.29 is 19.0 Å². The Kier molecular flexibility index (Phi) is 7.44. The van der Waals surface area contributed by atoms with Gasteiger partial charge in [-0.05, 0) is 29.8 Å². The molecule has 1 heterocycles. The van der Waals surface area contributed by atoms with E-state index >= 15 is 0 Å². The average Bonchev–Trinajstić information content (AvgIpc) is 3.23. The maximum Gasteiger partial charge on any atom is 0.349 e. The van der Waals surface area contributed by atoms with Crippen LogP contribution in [0.4, 0.5) is 0 Å². The van der Waals surface area contributed by atoms with Gasteiger partial charge in [-0.3, -0.25) is 4.68 Å². The number of aromatic nitrogens is 2. The molecule has 7 nitrogen and oxygen atoms in total. The zero-order chi connectivity index (χ0) is 22.9. The second kappa shape index (κ2) is 10.6. The number of carbonyl (C=O) groups is 1. The third kappa shape index (κ3) is 5.24. The normalized spacial score (nSPS) is 10.8. The number of ether oxygens (including phenoxy) is 3. The highest BCUT2D eigenvalue weighted by Gasteiger charge is 2.17. The molecule has 0 aliphatic carbocycles. The number of hydrogen-bond acceptors (Lipinski definition) is 6. The van der Waals surface area contributed by atoms with Crippen molar-refractivity contribution in [1.82, 2.24) is 9.78 Å². The fourth-order valence-electron chi connectivity index (χ4n) is 3.11. The number of esters is 1. The van der Waals surface area contributed by atoms with E-state index in [4.69, 9.17) is 19.3 Å². The largest absolute Gasteiger partial charge is 0.493 e. The van der Waals surface area contributed by atoms with E-state index in [1.165, 1.54) is 12.2 Å². The van der Waals surface area contributed by atoms with Gasteiger partial charge in [0.25, 0.3) is 0 Å². The lowest BCUT2D eigenvalue weighted by molar-refractivity contribution is -0.137. The number of benzene rings is 2. The number of hydrogen-bond donors (Lipinski definition) is 0. The standard InChI is InChI=1S/C25H23N3O4/c1-4-12-32-25(29)20(15-26)13-21-17-28(16-18-8-6-5-7-9-18)27-24(21)19-10-11-22(30-2)23(14-19)31-3/h4-11,13-14,17H,1,12,16H2,2-3H3/b20-13+. The first-order valence-corrected chi connectivity index (χ1v) is 9.83. The minimum atomic E-state index is -0.721. The molecule has 0 unspecified atom stereocenters. The maximum absolute atomic E-state index is 12.2. The van der Waals surface area contributed by atoms with Gasteiger partial charge in [0.15, 0.2) is 11.5 Å². The van der Waals surface area contributed by atoms with Crippen LogP contribution in [-0.2, 0) is 16.1 Å². The summed E-state index contributed by atoms with van der Waals surface area (Å²) in [5.74, 6) is 0.410. The minimum absolute atomic E-state index is 0.0215. The van der Waals surface area contributed by atoms with Gasteiger partial charge in [0, 0.05) is 17.3 Å². The van der Waals surface area contributed by atoms with Crippen LogP contribution >= 0.6 is 0 Å².